The zero-order chi connectivity index (χ0) is 17.7. The molecular formula is C17H20FNO3S2. The highest BCUT2D eigenvalue weighted by Crippen LogP contribution is 2.31. The second kappa shape index (κ2) is 7.90. The molecule has 0 aliphatic rings. The summed E-state index contributed by atoms with van der Waals surface area (Å²) >= 11 is 1.32. The molecule has 0 bridgehead atoms. The van der Waals surface area contributed by atoms with Gasteiger partial charge in [0.15, 0.2) is 9.84 Å². The Hall–Kier alpha value is -1.73. The molecule has 130 valence electrons. The van der Waals surface area contributed by atoms with Gasteiger partial charge in [0.1, 0.15) is 11.1 Å². The first-order valence-corrected chi connectivity index (χ1v) is 10.0. The lowest BCUT2D eigenvalue weighted by atomic mass is 10.1. The zero-order valence-electron chi connectivity index (χ0n) is 13.5. The standard InChI is InChI=1S/C17H20FNO3S2/c1-12(2)10-17(20)19-11-16(15-4-3-9-23-15)24(21,22)14-7-5-13(18)6-8-14/h3-9,12,16H,10-11H2,1-2H3,(H,19,20). The van der Waals surface area contributed by atoms with Gasteiger partial charge in [-0.1, -0.05) is 19.9 Å². The summed E-state index contributed by atoms with van der Waals surface area (Å²) in [5.74, 6) is -0.480. The van der Waals surface area contributed by atoms with E-state index in [4.69, 9.17) is 0 Å². The van der Waals surface area contributed by atoms with Gasteiger partial charge in [-0.15, -0.1) is 11.3 Å². The van der Waals surface area contributed by atoms with Crippen molar-refractivity contribution in [2.45, 2.75) is 30.4 Å². The van der Waals surface area contributed by atoms with Crippen molar-refractivity contribution in [2.24, 2.45) is 5.92 Å². The maximum atomic E-state index is 13.1. The smallest absolute Gasteiger partial charge is 0.220 e. The number of amides is 1. The summed E-state index contributed by atoms with van der Waals surface area (Å²) in [5, 5.41) is 3.60. The van der Waals surface area contributed by atoms with Crippen LogP contribution in [0, 0.1) is 11.7 Å². The first-order chi connectivity index (χ1) is 11.3. The third-order valence-corrected chi connectivity index (χ3v) is 6.69. The van der Waals surface area contributed by atoms with Crippen LogP contribution in [0.15, 0.2) is 46.7 Å². The van der Waals surface area contributed by atoms with Gasteiger partial charge >= 0.3 is 0 Å². The van der Waals surface area contributed by atoms with E-state index in [9.17, 15) is 17.6 Å². The van der Waals surface area contributed by atoms with Gasteiger partial charge < -0.3 is 5.32 Å². The predicted octanol–water partition coefficient (Wildman–Crippen LogP) is 3.56. The molecule has 1 aromatic heterocycles. The number of rotatable bonds is 7. The molecule has 1 N–H and O–H groups in total. The Morgan fingerprint density at radius 3 is 2.42 bits per heavy atom. The number of sulfone groups is 1. The van der Waals surface area contributed by atoms with Crippen LogP contribution >= 0.6 is 11.3 Å². The Balaban J connectivity index is 2.26. The van der Waals surface area contributed by atoms with E-state index in [0.29, 0.717) is 11.3 Å². The molecule has 1 unspecified atom stereocenters. The molecule has 24 heavy (non-hydrogen) atoms. The molecule has 1 heterocycles. The minimum absolute atomic E-state index is 0.00816. The molecule has 0 saturated heterocycles. The lowest BCUT2D eigenvalue weighted by molar-refractivity contribution is -0.121. The molecule has 4 nitrogen and oxygen atoms in total. The van der Waals surface area contributed by atoms with Crippen molar-refractivity contribution >= 4 is 27.1 Å². The number of halogens is 1. The van der Waals surface area contributed by atoms with E-state index < -0.39 is 20.9 Å². The van der Waals surface area contributed by atoms with Crippen molar-refractivity contribution in [3.63, 3.8) is 0 Å². The van der Waals surface area contributed by atoms with Gasteiger partial charge in [0, 0.05) is 17.8 Å². The highest BCUT2D eigenvalue weighted by atomic mass is 32.2. The van der Waals surface area contributed by atoms with Crippen molar-refractivity contribution in [2.75, 3.05) is 6.54 Å². The number of nitrogens with one attached hydrogen (secondary N) is 1. The maximum absolute atomic E-state index is 13.1. The topological polar surface area (TPSA) is 63.2 Å². The van der Waals surface area contributed by atoms with Crippen molar-refractivity contribution in [3.8, 4) is 0 Å². The molecule has 2 aromatic rings. The summed E-state index contributed by atoms with van der Waals surface area (Å²) < 4.78 is 38.9. The van der Waals surface area contributed by atoms with Crippen LogP contribution in [0.3, 0.4) is 0 Å². The van der Waals surface area contributed by atoms with Crippen molar-refractivity contribution < 1.29 is 17.6 Å². The van der Waals surface area contributed by atoms with Crippen molar-refractivity contribution in [3.05, 3.63) is 52.5 Å². The van der Waals surface area contributed by atoms with Crippen LogP contribution in [-0.4, -0.2) is 20.9 Å². The van der Waals surface area contributed by atoms with Gasteiger partial charge in [0.05, 0.1) is 4.90 Å². The first kappa shape index (κ1) is 18.6. The summed E-state index contributed by atoms with van der Waals surface area (Å²) in [5.41, 5.74) is 0. The van der Waals surface area contributed by atoms with Gasteiger partial charge in [0.25, 0.3) is 0 Å². The van der Waals surface area contributed by atoms with Crippen LogP contribution < -0.4 is 5.32 Å². The number of benzene rings is 1. The van der Waals surface area contributed by atoms with E-state index in [1.807, 2.05) is 13.8 Å². The number of carbonyl (C=O) groups is 1. The van der Waals surface area contributed by atoms with Crippen LogP contribution in [0.5, 0.6) is 0 Å². The summed E-state index contributed by atoms with van der Waals surface area (Å²) in [4.78, 5) is 12.6. The molecule has 0 aliphatic carbocycles. The van der Waals surface area contributed by atoms with Gasteiger partial charge in [-0.05, 0) is 41.6 Å². The Kier molecular flexibility index (Phi) is 6.12. The summed E-state index contributed by atoms with van der Waals surface area (Å²) in [6, 6.07) is 8.24. The van der Waals surface area contributed by atoms with Crippen LogP contribution in [0.25, 0.3) is 0 Å². The Bertz CT molecular complexity index is 769. The molecule has 0 fully saturated rings. The Morgan fingerprint density at radius 2 is 1.88 bits per heavy atom. The second-order valence-corrected chi connectivity index (χ2v) is 9.01. The van der Waals surface area contributed by atoms with Crippen LogP contribution in [-0.2, 0) is 14.6 Å². The van der Waals surface area contributed by atoms with Gasteiger partial charge in [-0.2, -0.15) is 0 Å². The van der Waals surface area contributed by atoms with E-state index >= 15 is 0 Å². The number of carbonyl (C=O) groups excluding carboxylic acids is 1. The minimum atomic E-state index is -3.74. The monoisotopic (exact) mass is 369 g/mol. The zero-order valence-corrected chi connectivity index (χ0v) is 15.2. The molecule has 0 aliphatic heterocycles. The average molecular weight is 369 g/mol. The molecule has 1 amide bonds. The van der Waals surface area contributed by atoms with E-state index in [-0.39, 0.29) is 23.3 Å². The van der Waals surface area contributed by atoms with E-state index in [1.54, 1.807) is 17.5 Å². The third-order valence-electron chi connectivity index (χ3n) is 3.46. The summed E-state index contributed by atoms with van der Waals surface area (Å²) in [6.07, 6.45) is 0.341. The fraction of sp³-hybridized carbons (Fsp3) is 0.353. The van der Waals surface area contributed by atoms with Crippen LogP contribution in [0.2, 0.25) is 0 Å². The normalized spacial score (nSPS) is 13.0. The van der Waals surface area contributed by atoms with Crippen LogP contribution in [0.4, 0.5) is 4.39 Å². The van der Waals surface area contributed by atoms with Gasteiger partial charge in [-0.3, -0.25) is 4.79 Å². The van der Waals surface area contributed by atoms with Gasteiger partial charge in [0.2, 0.25) is 5.91 Å². The van der Waals surface area contributed by atoms with E-state index in [0.717, 1.165) is 12.1 Å². The molecule has 2 rings (SSSR count). The van der Waals surface area contributed by atoms with Crippen molar-refractivity contribution in [1.29, 1.82) is 0 Å². The van der Waals surface area contributed by atoms with E-state index in [2.05, 4.69) is 5.32 Å². The van der Waals surface area contributed by atoms with Gasteiger partial charge in [-0.25, -0.2) is 12.8 Å². The maximum Gasteiger partial charge on any atom is 0.220 e. The van der Waals surface area contributed by atoms with E-state index in [1.165, 1.54) is 23.5 Å². The largest absolute Gasteiger partial charge is 0.354 e. The molecule has 0 saturated carbocycles. The molecule has 1 atom stereocenters. The summed E-state index contributed by atoms with van der Waals surface area (Å²) in [6.45, 7) is 3.84. The number of hydrogen-bond donors (Lipinski definition) is 1. The minimum Gasteiger partial charge on any atom is -0.354 e. The lowest BCUT2D eigenvalue weighted by Crippen LogP contribution is -2.32. The first-order valence-electron chi connectivity index (χ1n) is 7.60. The molecular weight excluding hydrogens is 349 g/mol. The molecule has 1 aromatic carbocycles. The molecule has 0 spiro atoms. The SMILES string of the molecule is CC(C)CC(=O)NCC(c1cccs1)S(=O)(=O)c1ccc(F)cc1. The average Bonchev–Trinajstić information content (AvgIpc) is 3.01. The highest BCUT2D eigenvalue weighted by Gasteiger charge is 2.30. The Labute approximate surface area is 145 Å². The number of thiophene rings is 1. The molecule has 0 radical (unpaired) electrons. The second-order valence-electron chi connectivity index (χ2n) is 5.91. The number of hydrogen-bond acceptors (Lipinski definition) is 4. The fourth-order valence-corrected chi connectivity index (χ4v) is 5.06. The third kappa shape index (κ3) is 4.64. The Morgan fingerprint density at radius 1 is 1.21 bits per heavy atom. The quantitative estimate of drug-likeness (QED) is 0.759. The van der Waals surface area contributed by atoms with Crippen LogP contribution in [0.1, 0.15) is 30.4 Å². The fourth-order valence-electron chi connectivity index (χ4n) is 2.28. The summed E-state index contributed by atoms with van der Waals surface area (Å²) in [7, 11) is -3.74. The highest BCUT2D eigenvalue weighted by molar-refractivity contribution is 7.91. The lowest BCUT2D eigenvalue weighted by Gasteiger charge is -2.18. The molecule has 7 heteroatoms. The predicted molar refractivity (Wildman–Crippen MR) is 93.1 cm³/mol. The van der Waals surface area contributed by atoms with Crippen molar-refractivity contribution in [1.82, 2.24) is 5.32 Å².